The number of hydrogen-bond donors (Lipinski definition) is 2. The number of H-pyrrole nitrogens is 1. The average Bonchev–Trinajstić information content (AvgIpc) is 3.08. The number of phenolic OH excluding ortho intramolecular Hbond substituents is 1. The lowest BCUT2D eigenvalue weighted by Crippen LogP contribution is -2.15. The third-order valence-electron chi connectivity index (χ3n) is 4.51. The van der Waals surface area contributed by atoms with Gasteiger partial charge in [0.25, 0.3) is 0 Å². The Hall–Kier alpha value is -3.59. The van der Waals surface area contributed by atoms with E-state index in [0.717, 1.165) is 11.3 Å². The second-order valence-electron chi connectivity index (χ2n) is 6.48. The SMILES string of the molecule is CCn1cc(-c2n[nH]c(=S)n2/N=C/c2ccc(O)cc2)c(=O)c2ccc(C)nc21. The van der Waals surface area contributed by atoms with E-state index in [4.69, 9.17) is 12.2 Å². The Balaban J connectivity index is 1.88. The van der Waals surface area contributed by atoms with Crippen LogP contribution >= 0.6 is 12.2 Å². The van der Waals surface area contributed by atoms with Crippen LogP contribution in [0.25, 0.3) is 22.4 Å². The Bertz CT molecular complexity index is 1350. The lowest BCUT2D eigenvalue weighted by molar-refractivity contribution is 0.475. The number of fused-ring (bicyclic) bond motifs is 1. The van der Waals surface area contributed by atoms with Crippen LogP contribution < -0.4 is 5.43 Å². The molecule has 0 fully saturated rings. The van der Waals surface area contributed by atoms with Crippen molar-refractivity contribution < 1.29 is 5.11 Å². The Labute approximate surface area is 170 Å². The van der Waals surface area contributed by atoms with Gasteiger partial charge in [0.05, 0.1) is 17.2 Å². The molecule has 146 valence electrons. The largest absolute Gasteiger partial charge is 0.508 e. The van der Waals surface area contributed by atoms with Gasteiger partial charge in [0, 0.05) is 18.4 Å². The highest BCUT2D eigenvalue weighted by Gasteiger charge is 2.17. The van der Waals surface area contributed by atoms with Crippen molar-refractivity contribution in [2.24, 2.45) is 5.10 Å². The molecule has 29 heavy (non-hydrogen) atoms. The Morgan fingerprint density at radius 3 is 2.72 bits per heavy atom. The summed E-state index contributed by atoms with van der Waals surface area (Å²) in [6.45, 7) is 4.51. The fourth-order valence-electron chi connectivity index (χ4n) is 3.02. The molecule has 0 radical (unpaired) electrons. The summed E-state index contributed by atoms with van der Waals surface area (Å²) in [5.41, 5.74) is 2.43. The third-order valence-corrected chi connectivity index (χ3v) is 4.77. The van der Waals surface area contributed by atoms with E-state index in [9.17, 15) is 9.90 Å². The normalized spacial score (nSPS) is 11.5. The number of pyridine rings is 2. The Morgan fingerprint density at radius 2 is 2.00 bits per heavy atom. The number of benzene rings is 1. The highest BCUT2D eigenvalue weighted by atomic mass is 32.1. The van der Waals surface area contributed by atoms with Crippen molar-refractivity contribution in [1.82, 2.24) is 24.4 Å². The van der Waals surface area contributed by atoms with Crippen LogP contribution in [0.1, 0.15) is 18.2 Å². The number of nitrogens with zero attached hydrogens (tertiary/aromatic N) is 5. The first-order valence-electron chi connectivity index (χ1n) is 9.00. The van der Waals surface area contributed by atoms with Gasteiger partial charge in [-0.25, -0.2) is 10.1 Å². The first kappa shape index (κ1) is 18.8. The minimum Gasteiger partial charge on any atom is -0.508 e. The monoisotopic (exact) mass is 406 g/mol. The zero-order chi connectivity index (χ0) is 20.5. The quantitative estimate of drug-likeness (QED) is 0.400. The molecule has 3 heterocycles. The summed E-state index contributed by atoms with van der Waals surface area (Å²) in [4.78, 5) is 17.7. The van der Waals surface area contributed by atoms with Crippen LogP contribution in [-0.4, -0.2) is 35.7 Å². The summed E-state index contributed by atoms with van der Waals surface area (Å²) < 4.78 is 3.58. The summed E-state index contributed by atoms with van der Waals surface area (Å²) >= 11 is 5.30. The number of aromatic hydroxyl groups is 1. The molecule has 9 heteroatoms. The van der Waals surface area contributed by atoms with Gasteiger partial charge in [0.1, 0.15) is 11.4 Å². The molecule has 0 amide bonds. The van der Waals surface area contributed by atoms with E-state index >= 15 is 0 Å². The smallest absolute Gasteiger partial charge is 0.216 e. The molecule has 0 saturated heterocycles. The maximum Gasteiger partial charge on any atom is 0.216 e. The van der Waals surface area contributed by atoms with Gasteiger partial charge < -0.3 is 9.67 Å². The molecule has 0 aliphatic carbocycles. The minimum atomic E-state index is -0.188. The Morgan fingerprint density at radius 1 is 1.24 bits per heavy atom. The van der Waals surface area contributed by atoms with E-state index in [0.29, 0.717) is 29.0 Å². The van der Waals surface area contributed by atoms with Crippen LogP contribution in [0, 0.1) is 11.7 Å². The van der Waals surface area contributed by atoms with Crippen molar-refractivity contribution >= 4 is 29.5 Å². The lowest BCUT2D eigenvalue weighted by Gasteiger charge is -2.11. The van der Waals surface area contributed by atoms with Crippen molar-refractivity contribution in [3.8, 4) is 17.1 Å². The fraction of sp³-hybridized carbons (Fsp3) is 0.150. The van der Waals surface area contributed by atoms with Gasteiger partial charge in [-0.05, 0) is 68.0 Å². The minimum absolute atomic E-state index is 0.169. The predicted octanol–water partition coefficient (Wildman–Crippen LogP) is 3.23. The number of aromatic amines is 1. The summed E-state index contributed by atoms with van der Waals surface area (Å²) in [7, 11) is 0. The van der Waals surface area contributed by atoms with Gasteiger partial charge in [0.2, 0.25) is 10.2 Å². The molecular formula is C20H18N6O2S. The molecule has 0 aliphatic rings. The number of aromatic nitrogens is 5. The van der Waals surface area contributed by atoms with E-state index in [1.165, 1.54) is 4.68 Å². The maximum atomic E-state index is 13.1. The van der Waals surface area contributed by atoms with Crippen LogP contribution in [0.4, 0.5) is 0 Å². The molecule has 0 atom stereocenters. The number of aryl methyl sites for hydroxylation is 2. The lowest BCUT2D eigenvalue weighted by atomic mass is 10.1. The number of hydrogen-bond acceptors (Lipinski definition) is 6. The van der Waals surface area contributed by atoms with Crippen LogP contribution in [0.15, 0.2) is 52.5 Å². The summed E-state index contributed by atoms with van der Waals surface area (Å²) in [6, 6.07) is 10.2. The summed E-state index contributed by atoms with van der Waals surface area (Å²) in [5.74, 6) is 0.489. The van der Waals surface area contributed by atoms with Crippen molar-refractivity contribution in [3.63, 3.8) is 0 Å². The maximum absolute atomic E-state index is 13.1. The number of phenols is 1. The van der Waals surface area contributed by atoms with E-state index in [1.807, 2.05) is 24.5 Å². The highest BCUT2D eigenvalue weighted by Crippen LogP contribution is 2.18. The van der Waals surface area contributed by atoms with Crippen molar-refractivity contribution in [2.75, 3.05) is 0 Å². The van der Waals surface area contributed by atoms with E-state index in [-0.39, 0.29) is 15.9 Å². The standard InChI is InChI=1S/C20H18N6O2S/c1-3-25-11-16(17(28)15-9-4-12(2)22-18(15)25)19-23-24-20(29)26(19)21-10-13-5-7-14(27)8-6-13/h4-11,27H,3H2,1-2H3,(H,24,29)/b21-10+. The van der Waals surface area contributed by atoms with E-state index in [2.05, 4.69) is 20.3 Å². The first-order valence-corrected chi connectivity index (χ1v) is 9.40. The molecule has 3 aromatic heterocycles. The molecular weight excluding hydrogens is 388 g/mol. The predicted molar refractivity (Wildman–Crippen MR) is 114 cm³/mol. The Kier molecular flexibility index (Phi) is 4.81. The molecule has 4 aromatic rings. The molecule has 4 rings (SSSR count). The van der Waals surface area contributed by atoms with Crippen LogP contribution in [0.5, 0.6) is 5.75 Å². The average molecular weight is 406 g/mol. The van der Waals surface area contributed by atoms with Crippen molar-refractivity contribution in [3.05, 3.63) is 68.8 Å². The van der Waals surface area contributed by atoms with Crippen molar-refractivity contribution in [2.45, 2.75) is 20.4 Å². The molecule has 0 saturated carbocycles. The highest BCUT2D eigenvalue weighted by molar-refractivity contribution is 7.71. The van der Waals surface area contributed by atoms with E-state index < -0.39 is 0 Å². The number of rotatable bonds is 4. The molecule has 0 bridgehead atoms. The first-order chi connectivity index (χ1) is 14.0. The molecule has 2 N–H and O–H groups in total. The molecule has 0 aliphatic heterocycles. The van der Waals surface area contributed by atoms with Crippen LogP contribution in [0.3, 0.4) is 0 Å². The van der Waals surface area contributed by atoms with Gasteiger partial charge >= 0.3 is 0 Å². The van der Waals surface area contributed by atoms with Gasteiger partial charge in [-0.15, -0.1) is 0 Å². The summed E-state index contributed by atoms with van der Waals surface area (Å²) in [5, 5.41) is 21.2. The fourth-order valence-corrected chi connectivity index (χ4v) is 3.20. The second kappa shape index (κ2) is 7.44. The third kappa shape index (κ3) is 3.47. The number of nitrogens with one attached hydrogen (secondary N) is 1. The van der Waals surface area contributed by atoms with Gasteiger partial charge in [-0.3, -0.25) is 4.79 Å². The molecule has 1 aromatic carbocycles. The molecule has 0 unspecified atom stereocenters. The van der Waals surface area contributed by atoms with Crippen LogP contribution in [0.2, 0.25) is 0 Å². The summed E-state index contributed by atoms with van der Waals surface area (Å²) in [6.07, 6.45) is 3.31. The molecule has 8 nitrogen and oxygen atoms in total. The zero-order valence-corrected chi connectivity index (χ0v) is 16.6. The zero-order valence-electron chi connectivity index (χ0n) is 15.8. The van der Waals surface area contributed by atoms with Gasteiger partial charge in [-0.2, -0.15) is 14.9 Å². The van der Waals surface area contributed by atoms with Gasteiger partial charge in [-0.1, -0.05) is 0 Å². The topological polar surface area (TPSA) is 101 Å². The second-order valence-corrected chi connectivity index (χ2v) is 6.87. The van der Waals surface area contributed by atoms with E-state index in [1.54, 1.807) is 42.7 Å². The van der Waals surface area contributed by atoms with Crippen LogP contribution in [-0.2, 0) is 6.54 Å². The van der Waals surface area contributed by atoms with Gasteiger partial charge in [0.15, 0.2) is 5.82 Å². The van der Waals surface area contributed by atoms with Crippen molar-refractivity contribution in [1.29, 1.82) is 0 Å². The molecule has 0 spiro atoms.